The van der Waals surface area contributed by atoms with Crippen molar-refractivity contribution in [3.8, 4) is 6.07 Å². The van der Waals surface area contributed by atoms with Crippen molar-refractivity contribution in [2.75, 3.05) is 0 Å². The fourth-order valence-corrected chi connectivity index (χ4v) is 1.24. The van der Waals surface area contributed by atoms with E-state index in [9.17, 15) is 0 Å². The van der Waals surface area contributed by atoms with Gasteiger partial charge in [-0.1, -0.05) is 11.6 Å². The summed E-state index contributed by atoms with van der Waals surface area (Å²) >= 11 is 0. The summed E-state index contributed by atoms with van der Waals surface area (Å²) in [5.41, 5.74) is 0. The number of rotatable bonds is 2. The smallest absolute Gasteiger partial charge is 0.240 e. The number of hydrogen-bond acceptors (Lipinski definition) is 4. The van der Waals surface area contributed by atoms with Crippen molar-refractivity contribution < 1.29 is 4.52 Å². The van der Waals surface area contributed by atoms with Crippen molar-refractivity contribution in [2.45, 2.75) is 31.6 Å². The van der Waals surface area contributed by atoms with Crippen molar-refractivity contribution in [3.63, 3.8) is 0 Å². The first-order valence-corrected chi connectivity index (χ1v) is 4.09. The van der Waals surface area contributed by atoms with Gasteiger partial charge in [0.05, 0.1) is 6.07 Å². The van der Waals surface area contributed by atoms with E-state index in [0.29, 0.717) is 11.8 Å². The zero-order valence-electron chi connectivity index (χ0n) is 6.66. The average Bonchev–Trinajstić information content (AvgIpc) is 2.34. The Hall–Kier alpha value is -1.37. The maximum atomic E-state index is 8.36. The van der Waals surface area contributed by atoms with Gasteiger partial charge >= 0.3 is 0 Å². The van der Waals surface area contributed by atoms with Crippen LogP contribution in [-0.4, -0.2) is 10.1 Å². The minimum atomic E-state index is 0.222. The van der Waals surface area contributed by atoms with Crippen LogP contribution in [0.3, 0.4) is 0 Å². The van der Waals surface area contributed by atoms with E-state index in [1.807, 2.05) is 6.07 Å². The number of nitrogens with zero attached hydrogens (tertiary/aromatic N) is 3. The molecule has 0 unspecified atom stereocenters. The second kappa shape index (κ2) is 2.94. The summed E-state index contributed by atoms with van der Waals surface area (Å²) in [7, 11) is 0. The molecule has 1 fully saturated rings. The summed E-state index contributed by atoms with van der Waals surface area (Å²) in [4.78, 5) is 4.12. The Morgan fingerprint density at radius 1 is 1.58 bits per heavy atom. The molecule has 0 bridgehead atoms. The van der Waals surface area contributed by atoms with E-state index in [-0.39, 0.29) is 6.42 Å². The molecule has 0 aliphatic heterocycles. The second-order valence-corrected chi connectivity index (χ2v) is 3.01. The number of nitriles is 1. The first-order chi connectivity index (χ1) is 5.90. The Bertz CT molecular complexity index is 308. The highest BCUT2D eigenvalue weighted by atomic mass is 16.5. The van der Waals surface area contributed by atoms with Gasteiger partial charge in [0.1, 0.15) is 6.42 Å². The summed E-state index contributed by atoms with van der Waals surface area (Å²) in [6, 6.07) is 1.98. The molecule has 2 rings (SSSR count). The van der Waals surface area contributed by atoms with Gasteiger partial charge in [0, 0.05) is 5.92 Å². The normalized spacial score (nSPS) is 16.9. The Morgan fingerprint density at radius 3 is 3.00 bits per heavy atom. The van der Waals surface area contributed by atoms with Crippen LogP contribution >= 0.6 is 0 Å². The molecule has 1 aliphatic rings. The minimum absolute atomic E-state index is 0.222. The maximum Gasteiger partial charge on any atom is 0.240 e. The standard InChI is InChI=1S/C8H9N3O/c9-5-4-7-10-8(11-12-7)6-2-1-3-6/h6H,1-4H2. The molecule has 1 aromatic rings. The molecule has 0 saturated heterocycles. The van der Waals surface area contributed by atoms with Gasteiger partial charge in [-0.15, -0.1) is 0 Å². The number of aromatic nitrogens is 2. The van der Waals surface area contributed by atoms with Gasteiger partial charge in [-0.05, 0) is 12.8 Å². The van der Waals surface area contributed by atoms with E-state index in [4.69, 9.17) is 9.78 Å². The van der Waals surface area contributed by atoms with Crippen LogP contribution < -0.4 is 0 Å². The van der Waals surface area contributed by atoms with Gasteiger partial charge in [-0.3, -0.25) is 0 Å². The second-order valence-electron chi connectivity index (χ2n) is 3.01. The maximum absolute atomic E-state index is 8.36. The molecule has 0 spiro atoms. The SMILES string of the molecule is N#CCc1nc(C2CCC2)no1. The first-order valence-electron chi connectivity index (χ1n) is 4.09. The van der Waals surface area contributed by atoms with Crippen molar-refractivity contribution in [1.29, 1.82) is 5.26 Å². The Morgan fingerprint density at radius 2 is 2.42 bits per heavy atom. The number of hydrogen-bond donors (Lipinski definition) is 0. The van der Waals surface area contributed by atoms with Crippen molar-refractivity contribution >= 4 is 0 Å². The zero-order valence-corrected chi connectivity index (χ0v) is 6.66. The summed E-state index contributed by atoms with van der Waals surface area (Å²) in [6.07, 6.45) is 3.80. The highest BCUT2D eigenvalue weighted by Crippen LogP contribution is 2.34. The Balaban J connectivity index is 2.08. The quantitative estimate of drug-likeness (QED) is 0.661. The lowest BCUT2D eigenvalue weighted by molar-refractivity contribution is 0.351. The first kappa shape index (κ1) is 7.29. The molecule has 62 valence electrons. The van der Waals surface area contributed by atoms with Gasteiger partial charge in [0.15, 0.2) is 5.82 Å². The van der Waals surface area contributed by atoms with Crippen LogP contribution in [0.25, 0.3) is 0 Å². The van der Waals surface area contributed by atoms with E-state index in [2.05, 4.69) is 10.1 Å². The van der Waals surface area contributed by atoms with Crippen LogP contribution in [0.4, 0.5) is 0 Å². The van der Waals surface area contributed by atoms with E-state index in [0.717, 1.165) is 18.7 Å². The third-order valence-electron chi connectivity index (χ3n) is 2.18. The monoisotopic (exact) mass is 163 g/mol. The van der Waals surface area contributed by atoms with Gasteiger partial charge in [-0.25, -0.2) is 0 Å². The molecule has 0 amide bonds. The van der Waals surface area contributed by atoms with Crippen LogP contribution in [-0.2, 0) is 6.42 Å². The lowest BCUT2D eigenvalue weighted by atomic mass is 9.85. The van der Waals surface area contributed by atoms with Gasteiger partial charge in [0.25, 0.3) is 0 Å². The lowest BCUT2D eigenvalue weighted by Crippen LogP contribution is -2.10. The summed E-state index contributed by atoms with van der Waals surface area (Å²) in [5, 5.41) is 12.2. The molecular formula is C8H9N3O. The van der Waals surface area contributed by atoms with Gasteiger partial charge < -0.3 is 4.52 Å². The largest absolute Gasteiger partial charge is 0.338 e. The molecule has 0 radical (unpaired) electrons. The molecule has 1 saturated carbocycles. The van der Waals surface area contributed by atoms with Crippen LogP contribution in [0.2, 0.25) is 0 Å². The molecule has 4 nitrogen and oxygen atoms in total. The molecule has 1 aromatic heterocycles. The molecule has 4 heteroatoms. The minimum Gasteiger partial charge on any atom is -0.338 e. The molecule has 1 heterocycles. The topological polar surface area (TPSA) is 62.7 Å². The van der Waals surface area contributed by atoms with Gasteiger partial charge in [-0.2, -0.15) is 10.2 Å². The molecule has 12 heavy (non-hydrogen) atoms. The fourth-order valence-electron chi connectivity index (χ4n) is 1.24. The van der Waals surface area contributed by atoms with Gasteiger partial charge in [0.2, 0.25) is 5.89 Å². The predicted molar refractivity (Wildman–Crippen MR) is 40.2 cm³/mol. The molecule has 0 atom stereocenters. The molecular weight excluding hydrogens is 154 g/mol. The lowest BCUT2D eigenvalue weighted by Gasteiger charge is -2.20. The zero-order chi connectivity index (χ0) is 8.39. The van der Waals surface area contributed by atoms with Crippen molar-refractivity contribution in [2.24, 2.45) is 0 Å². The predicted octanol–water partition coefficient (Wildman–Crippen LogP) is 1.40. The van der Waals surface area contributed by atoms with Crippen molar-refractivity contribution in [1.82, 2.24) is 10.1 Å². The average molecular weight is 163 g/mol. The molecule has 1 aliphatic carbocycles. The molecule has 0 aromatic carbocycles. The van der Waals surface area contributed by atoms with E-state index >= 15 is 0 Å². The Kier molecular flexibility index (Phi) is 1.78. The third-order valence-corrected chi connectivity index (χ3v) is 2.18. The third kappa shape index (κ3) is 1.18. The summed E-state index contributed by atoms with van der Waals surface area (Å²) in [5.74, 6) is 1.71. The van der Waals surface area contributed by atoms with Crippen LogP contribution in [0.1, 0.15) is 36.9 Å². The van der Waals surface area contributed by atoms with E-state index < -0.39 is 0 Å². The van der Waals surface area contributed by atoms with E-state index in [1.165, 1.54) is 6.42 Å². The highest BCUT2D eigenvalue weighted by Gasteiger charge is 2.24. The highest BCUT2D eigenvalue weighted by molar-refractivity contribution is 5.01. The molecule has 0 N–H and O–H groups in total. The summed E-state index contributed by atoms with van der Waals surface area (Å²) in [6.45, 7) is 0. The van der Waals surface area contributed by atoms with Crippen LogP contribution in [0.5, 0.6) is 0 Å². The van der Waals surface area contributed by atoms with Crippen LogP contribution in [0.15, 0.2) is 4.52 Å². The summed E-state index contributed by atoms with van der Waals surface area (Å²) < 4.78 is 4.88. The van der Waals surface area contributed by atoms with E-state index in [1.54, 1.807) is 0 Å². The van der Waals surface area contributed by atoms with Crippen molar-refractivity contribution in [3.05, 3.63) is 11.7 Å². The fraction of sp³-hybridized carbons (Fsp3) is 0.625. The van der Waals surface area contributed by atoms with Crippen LogP contribution in [0, 0.1) is 11.3 Å². The Labute approximate surface area is 70.2 Å².